The molecule has 3 rings (SSSR count). The Kier molecular flexibility index (Phi) is 7.74. The summed E-state index contributed by atoms with van der Waals surface area (Å²) in [7, 11) is 0. The van der Waals surface area contributed by atoms with Gasteiger partial charge in [0.15, 0.2) is 16.8 Å². The topological polar surface area (TPSA) is 76.9 Å². The van der Waals surface area contributed by atoms with Gasteiger partial charge in [-0.15, -0.1) is 10.2 Å². The van der Waals surface area contributed by atoms with Crippen LogP contribution in [0.15, 0.2) is 53.7 Å². The first-order chi connectivity index (χ1) is 15.6. The number of rotatable bonds is 8. The summed E-state index contributed by atoms with van der Waals surface area (Å²) in [5.41, 5.74) is 3.98. The summed E-state index contributed by atoms with van der Waals surface area (Å²) < 4.78 is 2.04. The number of amides is 1. The van der Waals surface area contributed by atoms with Gasteiger partial charge in [0.25, 0.3) is 0 Å². The molecule has 2 aromatic carbocycles. The maximum Gasteiger partial charge on any atom is 0.217 e. The zero-order chi connectivity index (χ0) is 24.2. The highest BCUT2D eigenvalue weighted by molar-refractivity contribution is 7.99. The van der Waals surface area contributed by atoms with Gasteiger partial charge in [0.2, 0.25) is 5.91 Å². The van der Waals surface area contributed by atoms with Gasteiger partial charge in [-0.05, 0) is 30.4 Å². The summed E-state index contributed by atoms with van der Waals surface area (Å²) in [6.07, 6.45) is 0. The second kappa shape index (κ2) is 10.3. The quantitative estimate of drug-likeness (QED) is 0.355. The zero-order valence-electron chi connectivity index (χ0n) is 20.2. The largest absolute Gasteiger partial charge is 0.350 e. The van der Waals surface area contributed by atoms with E-state index >= 15 is 0 Å². The summed E-state index contributed by atoms with van der Waals surface area (Å²) in [5, 5.41) is 12.3. The van der Waals surface area contributed by atoms with Crippen LogP contribution < -0.4 is 5.32 Å². The molecule has 1 amide bonds. The molecule has 1 N–H and O–H groups in total. The molecule has 1 atom stereocenters. The average molecular weight is 465 g/mol. The fourth-order valence-electron chi connectivity index (χ4n) is 3.57. The number of nitrogens with zero attached hydrogens (tertiary/aromatic N) is 3. The molecule has 1 heterocycles. The van der Waals surface area contributed by atoms with E-state index in [1.54, 1.807) is 0 Å². The van der Waals surface area contributed by atoms with Crippen LogP contribution in [-0.4, -0.2) is 32.2 Å². The minimum Gasteiger partial charge on any atom is -0.350 e. The Morgan fingerprint density at radius 1 is 1.03 bits per heavy atom. The lowest BCUT2D eigenvalue weighted by atomic mass is 9.87. The van der Waals surface area contributed by atoms with Crippen LogP contribution >= 0.6 is 11.8 Å². The van der Waals surface area contributed by atoms with E-state index in [-0.39, 0.29) is 28.9 Å². The van der Waals surface area contributed by atoms with Crippen LogP contribution in [0.1, 0.15) is 69.1 Å². The Balaban J connectivity index is 1.69. The minimum atomic E-state index is -0.0972. The predicted molar refractivity (Wildman–Crippen MR) is 134 cm³/mol. The molecule has 0 aliphatic heterocycles. The van der Waals surface area contributed by atoms with Gasteiger partial charge in [-0.1, -0.05) is 81.1 Å². The maximum atomic E-state index is 12.7. The van der Waals surface area contributed by atoms with Crippen molar-refractivity contribution in [3.63, 3.8) is 0 Å². The van der Waals surface area contributed by atoms with Crippen LogP contribution in [-0.2, 0) is 16.8 Å². The van der Waals surface area contributed by atoms with Gasteiger partial charge in [0, 0.05) is 24.6 Å². The molecular weight excluding hydrogens is 432 g/mol. The van der Waals surface area contributed by atoms with Crippen molar-refractivity contribution >= 4 is 23.5 Å². The van der Waals surface area contributed by atoms with Crippen molar-refractivity contribution < 1.29 is 9.59 Å². The molecule has 174 valence electrons. The summed E-state index contributed by atoms with van der Waals surface area (Å²) in [4.78, 5) is 24.0. The standard InChI is InChI=1S/C26H32N4O2S/c1-7-30-24(21-12-14-22(15-13-21)26(4,5)6)28-29-25(30)33-16-23(32)20-10-8-19(9-11-20)17(2)27-18(3)31/h8-15,17H,7,16H2,1-6H3,(H,27,31). The molecule has 1 unspecified atom stereocenters. The summed E-state index contributed by atoms with van der Waals surface area (Å²) >= 11 is 1.40. The van der Waals surface area contributed by atoms with Crippen LogP contribution in [0, 0.1) is 0 Å². The molecule has 3 aromatic rings. The van der Waals surface area contributed by atoms with Crippen LogP contribution in [0.2, 0.25) is 0 Å². The second-order valence-electron chi connectivity index (χ2n) is 9.13. The number of carbonyl (C=O) groups excluding carboxylic acids is 2. The monoisotopic (exact) mass is 464 g/mol. The number of carbonyl (C=O) groups is 2. The first kappa shape index (κ1) is 24.7. The molecule has 6 nitrogen and oxygen atoms in total. The number of hydrogen-bond acceptors (Lipinski definition) is 5. The predicted octanol–water partition coefficient (Wildman–Crippen LogP) is 5.43. The molecule has 0 aliphatic rings. The first-order valence-corrected chi connectivity index (χ1v) is 12.2. The SMILES string of the molecule is CCn1c(SCC(=O)c2ccc(C(C)NC(C)=O)cc2)nnc1-c1ccc(C(C)(C)C)cc1. The lowest BCUT2D eigenvalue weighted by Crippen LogP contribution is -2.23. The Hall–Kier alpha value is -2.93. The van der Waals surface area contributed by atoms with Gasteiger partial charge in [-0.3, -0.25) is 9.59 Å². The van der Waals surface area contributed by atoms with Crippen LogP contribution in [0.3, 0.4) is 0 Å². The van der Waals surface area contributed by atoms with Crippen LogP contribution in [0.5, 0.6) is 0 Å². The normalized spacial score (nSPS) is 12.4. The van der Waals surface area contributed by atoms with Gasteiger partial charge in [-0.25, -0.2) is 0 Å². The van der Waals surface area contributed by atoms with Crippen molar-refractivity contribution in [2.75, 3.05) is 5.75 Å². The van der Waals surface area contributed by atoms with E-state index in [0.717, 1.165) is 28.7 Å². The Morgan fingerprint density at radius 2 is 1.67 bits per heavy atom. The number of aromatic nitrogens is 3. The molecule has 0 fully saturated rings. The maximum absolute atomic E-state index is 12.7. The van der Waals surface area contributed by atoms with Crippen molar-refractivity contribution in [2.45, 2.75) is 64.7 Å². The lowest BCUT2D eigenvalue weighted by molar-refractivity contribution is -0.119. The molecular formula is C26H32N4O2S. The fraction of sp³-hybridized carbons (Fsp3) is 0.385. The van der Waals surface area contributed by atoms with E-state index in [1.807, 2.05) is 35.8 Å². The highest BCUT2D eigenvalue weighted by atomic mass is 32.2. The van der Waals surface area contributed by atoms with Gasteiger partial charge in [-0.2, -0.15) is 0 Å². The third kappa shape index (κ3) is 6.11. The number of thioether (sulfide) groups is 1. The molecule has 0 saturated carbocycles. The number of nitrogens with one attached hydrogen (secondary N) is 1. The second-order valence-corrected chi connectivity index (χ2v) is 10.1. The Bertz CT molecular complexity index is 1110. The molecule has 33 heavy (non-hydrogen) atoms. The smallest absolute Gasteiger partial charge is 0.217 e. The fourth-order valence-corrected chi connectivity index (χ4v) is 4.47. The number of benzene rings is 2. The van der Waals surface area contributed by atoms with Crippen molar-refractivity contribution in [2.24, 2.45) is 0 Å². The minimum absolute atomic E-state index is 0.0282. The van der Waals surface area contributed by atoms with Gasteiger partial charge < -0.3 is 9.88 Å². The highest BCUT2D eigenvalue weighted by Crippen LogP contribution is 2.28. The van der Waals surface area contributed by atoms with E-state index in [0.29, 0.717) is 5.56 Å². The molecule has 0 radical (unpaired) electrons. The molecule has 0 bridgehead atoms. The van der Waals surface area contributed by atoms with Gasteiger partial charge >= 0.3 is 0 Å². The van der Waals surface area contributed by atoms with Gasteiger partial charge in [0.05, 0.1) is 11.8 Å². The van der Waals surface area contributed by atoms with Crippen molar-refractivity contribution in [3.05, 3.63) is 65.2 Å². The van der Waals surface area contributed by atoms with E-state index in [1.165, 1.54) is 24.2 Å². The molecule has 7 heteroatoms. The van der Waals surface area contributed by atoms with Crippen LogP contribution in [0.4, 0.5) is 0 Å². The summed E-state index contributed by atoms with van der Waals surface area (Å²) in [6.45, 7) is 12.8. The lowest BCUT2D eigenvalue weighted by Gasteiger charge is -2.19. The highest BCUT2D eigenvalue weighted by Gasteiger charge is 2.18. The van der Waals surface area contributed by atoms with E-state index in [2.05, 4.69) is 67.5 Å². The van der Waals surface area contributed by atoms with Crippen molar-refractivity contribution in [3.8, 4) is 11.4 Å². The third-order valence-corrected chi connectivity index (χ3v) is 6.49. The Labute approximate surface area is 200 Å². The molecule has 1 aromatic heterocycles. The van der Waals surface area contributed by atoms with Crippen molar-refractivity contribution in [1.29, 1.82) is 0 Å². The van der Waals surface area contributed by atoms with Crippen LogP contribution in [0.25, 0.3) is 11.4 Å². The number of Topliss-reactive ketones (excluding diaryl/α,β-unsaturated/α-hetero) is 1. The van der Waals surface area contributed by atoms with Gasteiger partial charge in [0.1, 0.15) is 0 Å². The van der Waals surface area contributed by atoms with E-state index in [9.17, 15) is 9.59 Å². The summed E-state index contributed by atoms with van der Waals surface area (Å²) in [6, 6.07) is 15.7. The summed E-state index contributed by atoms with van der Waals surface area (Å²) in [5.74, 6) is 1.04. The van der Waals surface area contributed by atoms with E-state index in [4.69, 9.17) is 0 Å². The third-order valence-electron chi connectivity index (χ3n) is 5.53. The average Bonchev–Trinajstić information content (AvgIpc) is 3.19. The number of ketones is 1. The Morgan fingerprint density at radius 3 is 2.21 bits per heavy atom. The zero-order valence-corrected chi connectivity index (χ0v) is 21.0. The first-order valence-electron chi connectivity index (χ1n) is 11.2. The molecule has 0 aliphatic carbocycles. The van der Waals surface area contributed by atoms with Crippen molar-refractivity contribution in [1.82, 2.24) is 20.1 Å². The molecule has 0 spiro atoms. The number of hydrogen-bond donors (Lipinski definition) is 1. The molecule has 0 saturated heterocycles. The van der Waals surface area contributed by atoms with E-state index < -0.39 is 0 Å².